The second-order valence-corrected chi connectivity index (χ2v) is 8.42. The summed E-state index contributed by atoms with van der Waals surface area (Å²) in [6, 6.07) is 14.4. The van der Waals surface area contributed by atoms with Crippen molar-refractivity contribution in [3.63, 3.8) is 0 Å². The fraction of sp³-hybridized carbons (Fsp3) is 0.200. The van der Waals surface area contributed by atoms with Gasteiger partial charge in [-0.2, -0.15) is 0 Å². The molecule has 0 bridgehead atoms. The van der Waals surface area contributed by atoms with Crippen molar-refractivity contribution in [1.29, 1.82) is 0 Å². The molecular weight excluding hydrogens is 456 g/mol. The molecule has 0 spiro atoms. The van der Waals surface area contributed by atoms with Crippen LogP contribution in [0.2, 0.25) is 0 Å². The summed E-state index contributed by atoms with van der Waals surface area (Å²) in [5.74, 6) is -1.93. The molecule has 0 saturated carbocycles. The van der Waals surface area contributed by atoms with Crippen molar-refractivity contribution in [2.45, 2.75) is 19.9 Å². The van der Waals surface area contributed by atoms with Gasteiger partial charge in [-0.3, -0.25) is 14.5 Å². The van der Waals surface area contributed by atoms with Crippen LogP contribution in [0, 0.1) is 6.92 Å². The highest BCUT2D eigenvalue weighted by atomic mass is 32.1. The van der Waals surface area contributed by atoms with E-state index in [-0.39, 0.29) is 27.9 Å². The first-order chi connectivity index (χ1) is 16.4. The molecule has 1 aromatic heterocycles. The van der Waals surface area contributed by atoms with Gasteiger partial charge in [0.2, 0.25) is 0 Å². The quantitative estimate of drug-likeness (QED) is 0.244. The summed E-state index contributed by atoms with van der Waals surface area (Å²) in [5, 5.41) is 11.3. The molecule has 1 aliphatic rings. The number of hydrogen-bond acceptors (Lipinski definition) is 8. The Hall–Kier alpha value is -3.98. The van der Waals surface area contributed by atoms with Crippen LogP contribution >= 0.6 is 11.3 Å². The molecule has 3 aromatic rings. The van der Waals surface area contributed by atoms with Crippen LogP contribution < -0.4 is 9.64 Å². The Morgan fingerprint density at radius 2 is 1.79 bits per heavy atom. The molecule has 2 aromatic carbocycles. The summed E-state index contributed by atoms with van der Waals surface area (Å²) in [6.45, 7) is 3.52. The number of rotatable bonds is 6. The van der Waals surface area contributed by atoms with Gasteiger partial charge in [0.05, 0.1) is 31.0 Å². The zero-order chi connectivity index (χ0) is 24.4. The van der Waals surface area contributed by atoms with Crippen molar-refractivity contribution in [3.05, 3.63) is 81.9 Å². The molecule has 9 heteroatoms. The summed E-state index contributed by atoms with van der Waals surface area (Å²) in [6.07, 6.45) is 0. The molecule has 0 unspecified atom stereocenters. The normalized spacial score (nSPS) is 17.1. The third kappa shape index (κ3) is 4.06. The van der Waals surface area contributed by atoms with Crippen molar-refractivity contribution in [2.75, 3.05) is 18.6 Å². The van der Waals surface area contributed by atoms with E-state index in [4.69, 9.17) is 9.47 Å². The van der Waals surface area contributed by atoms with Crippen molar-refractivity contribution in [2.24, 2.45) is 0 Å². The Balaban J connectivity index is 1.90. The molecule has 1 aliphatic heterocycles. The maximum Gasteiger partial charge on any atom is 0.350 e. The number of ketones is 1. The monoisotopic (exact) mass is 478 g/mol. The van der Waals surface area contributed by atoms with Gasteiger partial charge in [-0.1, -0.05) is 53.8 Å². The summed E-state index contributed by atoms with van der Waals surface area (Å²) in [5.41, 5.74) is 1.30. The van der Waals surface area contributed by atoms with Gasteiger partial charge in [-0.05, 0) is 31.5 Å². The van der Waals surface area contributed by atoms with Crippen LogP contribution in [-0.4, -0.2) is 41.5 Å². The average molecular weight is 479 g/mol. The lowest BCUT2D eigenvalue weighted by atomic mass is 9.95. The number of aromatic nitrogens is 1. The molecule has 1 atom stereocenters. The minimum atomic E-state index is -0.952. The van der Waals surface area contributed by atoms with Crippen LogP contribution in [0.4, 0.5) is 5.13 Å². The Bertz CT molecular complexity index is 1280. The van der Waals surface area contributed by atoms with Crippen LogP contribution in [0.5, 0.6) is 5.75 Å². The van der Waals surface area contributed by atoms with Gasteiger partial charge >= 0.3 is 11.9 Å². The van der Waals surface area contributed by atoms with Gasteiger partial charge in [-0.25, -0.2) is 9.78 Å². The van der Waals surface area contributed by atoms with Gasteiger partial charge in [0.15, 0.2) is 5.13 Å². The first-order valence-corrected chi connectivity index (χ1v) is 11.3. The molecule has 8 nitrogen and oxygen atoms in total. The minimum absolute atomic E-state index is 0.0631. The highest BCUT2D eigenvalue weighted by Crippen LogP contribution is 2.44. The second-order valence-electron chi connectivity index (χ2n) is 7.44. The van der Waals surface area contributed by atoms with Crippen LogP contribution in [0.3, 0.4) is 0 Å². The molecule has 174 valence electrons. The number of carbonyl (C=O) groups excluding carboxylic acids is 3. The van der Waals surface area contributed by atoms with Crippen molar-refractivity contribution >= 4 is 39.9 Å². The number of benzene rings is 2. The molecule has 0 aliphatic carbocycles. The van der Waals surface area contributed by atoms with Crippen molar-refractivity contribution < 1.29 is 29.0 Å². The predicted octanol–water partition coefficient (Wildman–Crippen LogP) is 4.26. The lowest BCUT2D eigenvalue weighted by molar-refractivity contribution is -0.132. The smallest absolute Gasteiger partial charge is 0.350 e. The van der Waals surface area contributed by atoms with E-state index >= 15 is 0 Å². The molecule has 0 radical (unpaired) electrons. The molecule has 1 fully saturated rings. The molecule has 4 rings (SSSR count). The van der Waals surface area contributed by atoms with Crippen LogP contribution in [-0.2, 0) is 14.3 Å². The summed E-state index contributed by atoms with van der Waals surface area (Å²) >= 11 is 0.965. The van der Waals surface area contributed by atoms with Crippen molar-refractivity contribution in [1.82, 2.24) is 4.98 Å². The Labute approximate surface area is 200 Å². The first kappa shape index (κ1) is 23.2. The van der Waals surface area contributed by atoms with E-state index < -0.39 is 23.7 Å². The summed E-state index contributed by atoms with van der Waals surface area (Å²) < 4.78 is 10.3. The lowest BCUT2D eigenvalue weighted by Gasteiger charge is -2.23. The predicted molar refractivity (Wildman–Crippen MR) is 127 cm³/mol. The molecule has 1 N–H and O–H groups in total. The van der Waals surface area contributed by atoms with Gasteiger partial charge in [0.1, 0.15) is 16.4 Å². The first-order valence-electron chi connectivity index (χ1n) is 10.5. The number of amides is 1. The number of hydrogen-bond donors (Lipinski definition) is 1. The second kappa shape index (κ2) is 9.48. The Morgan fingerprint density at radius 3 is 2.41 bits per heavy atom. The number of nitrogens with zero attached hydrogens (tertiary/aromatic N) is 2. The number of aliphatic hydroxyl groups is 1. The summed E-state index contributed by atoms with van der Waals surface area (Å²) in [4.78, 5) is 44.6. The molecule has 34 heavy (non-hydrogen) atoms. The van der Waals surface area contributed by atoms with Crippen LogP contribution in [0.25, 0.3) is 5.76 Å². The SMILES string of the molecule is CCOC(=O)c1sc(N2C(=O)C(=O)C(=C(O)c3ccccc3)[C@H]2c2ccc(OC)cc2)nc1C. The van der Waals surface area contributed by atoms with E-state index in [1.165, 1.54) is 12.0 Å². The molecule has 1 amide bonds. The highest BCUT2D eigenvalue weighted by Gasteiger charge is 2.48. The number of Topliss-reactive ketones (excluding diaryl/α,β-unsaturated/α-hetero) is 1. The van der Waals surface area contributed by atoms with E-state index in [1.54, 1.807) is 68.4 Å². The number of esters is 1. The molecular formula is C25H22N2O6S. The number of ether oxygens (including phenoxy) is 2. The Morgan fingerprint density at radius 1 is 1.12 bits per heavy atom. The largest absolute Gasteiger partial charge is 0.507 e. The fourth-order valence-electron chi connectivity index (χ4n) is 3.75. The van der Waals surface area contributed by atoms with Gasteiger partial charge < -0.3 is 14.6 Å². The highest BCUT2D eigenvalue weighted by molar-refractivity contribution is 7.17. The minimum Gasteiger partial charge on any atom is -0.507 e. The molecule has 2 heterocycles. The molecule has 1 saturated heterocycles. The Kier molecular flexibility index (Phi) is 6.47. The fourth-order valence-corrected chi connectivity index (χ4v) is 4.74. The zero-order valence-electron chi connectivity index (χ0n) is 18.8. The zero-order valence-corrected chi connectivity index (χ0v) is 19.6. The maximum atomic E-state index is 13.2. The third-order valence-electron chi connectivity index (χ3n) is 5.38. The third-order valence-corrected chi connectivity index (χ3v) is 6.51. The number of carbonyl (C=O) groups is 3. The van der Waals surface area contributed by atoms with Crippen molar-refractivity contribution in [3.8, 4) is 5.75 Å². The van der Waals surface area contributed by atoms with E-state index in [1.807, 2.05) is 0 Å². The van der Waals surface area contributed by atoms with E-state index in [0.717, 1.165) is 11.3 Å². The average Bonchev–Trinajstić information content (AvgIpc) is 3.36. The van der Waals surface area contributed by atoms with Gasteiger partial charge in [0.25, 0.3) is 5.78 Å². The van der Waals surface area contributed by atoms with Gasteiger partial charge in [0, 0.05) is 5.56 Å². The maximum absolute atomic E-state index is 13.2. The van der Waals surface area contributed by atoms with E-state index in [0.29, 0.717) is 22.6 Å². The van der Waals surface area contributed by atoms with Gasteiger partial charge in [-0.15, -0.1) is 0 Å². The topological polar surface area (TPSA) is 106 Å². The number of anilines is 1. The van der Waals surface area contributed by atoms with E-state index in [9.17, 15) is 19.5 Å². The van der Waals surface area contributed by atoms with Crippen LogP contribution in [0.1, 0.15) is 39.5 Å². The number of thiazole rings is 1. The summed E-state index contributed by atoms with van der Waals surface area (Å²) in [7, 11) is 1.53. The van der Waals surface area contributed by atoms with Crippen LogP contribution in [0.15, 0.2) is 60.2 Å². The number of aliphatic hydroxyl groups excluding tert-OH is 1. The number of aryl methyl sites for hydroxylation is 1. The van der Waals surface area contributed by atoms with E-state index in [2.05, 4.69) is 4.98 Å². The standard InChI is InChI=1S/C25H22N2O6S/c1-4-33-24(31)22-14(2)26-25(34-22)27-19(15-10-12-17(32-3)13-11-15)18(21(29)23(27)30)20(28)16-8-6-5-7-9-16/h5-13,19,28H,4H2,1-3H3/t19-/m1/s1. The number of methoxy groups -OCH3 is 1. The lowest BCUT2D eigenvalue weighted by Crippen LogP contribution is -2.29.